The lowest BCUT2D eigenvalue weighted by atomic mass is 10.1. The molecule has 5 nitrogen and oxygen atoms in total. The number of para-hydroxylation sites is 2. The third-order valence-corrected chi connectivity index (χ3v) is 5.67. The van der Waals surface area contributed by atoms with Crippen LogP contribution in [0.3, 0.4) is 0 Å². The number of hydrogen-bond acceptors (Lipinski definition) is 4. The SMILES string of the molecule is CC(Sc1cc(C(=O)NC2CC2)c2ccccc2n1)C(=O)Nc1ccccc1F. The Morgan fingerprint density at radius 2 is 1.86 bits per heavy atom. The average molecular weight is 409 g/mol. The van der Waals surface area contributed by atoms with E-state index in [1.165, 1.54) is 23.9 Å². The van der Waals surface area contributed by atoms with Crippen LogP contribution < -0.4 is 10.6 Å². The summed E-state index contributed by atoms with van der Waals surface area (Å²) in [6.07, 6.45) is 2.01. The number of fused-ring (bicyclic) bond motifs is 1. The van der Waals surface area contributed by atoms with Crippen molar-refractivity contribution in [3.8, 4) is 0 Å². The molecule has 1 aliphatic rings. The molecule has 0 radical (unpaired) electrons. The maximum atomic E-state index is 13.8. The highest BCUT2D eigenvalue weighted by molar-refractivity contribution is 8.00. The van der Waals surface area contributed by atoms with Crippen LogP contribution in [0.2, 0.25) is 0 Å². The third kappa shape index (κ3) is 4.56. The molecule has 1 aromatic heterocycles. The summed E-state index contributed by atoms with van der Waals surface area (Å²) in [6.45, 7) is 1.72. The van der Waals surface area contributed by atoms with Gasteiger partial charge in [0.1, 0.15) is 5.82 Å². The molecule has 0 spiro atoms. The zero-order valence-electron chi connectivity index (χ0n) is 15.8. The number of carbonyl (C=O) groups excluding carboxylic acids is 2. The quantitative estimate of drug-likeness (QED) is 0.593. The molecule has 3 aromatic rings. The Labute approximate surface area is 172 Å². The minimum absolute atomic E-state index is 0.128. The van der Waals surface area contributed by atoms with Crippen LogP contribution in [0.15, 0.2) is 59.6 Å². The van der Waals surface area contributed by atoms with E-state index in [0.717, 1.165) is 18.2 Å². The first-order valence-electron chi connectivity index (χ1n) is 9.44. The van der Waals surface area contributed by atoms with E-state index in [2.05, 4.69) is 15.6 Å². The van der Waals surface area contributed by atoms with Gasteiger partial charge in [-0.1, -0.05) is 42.1 Å². The summed E-state index contributed by atoms with van der Waals surface area (Å²) in [6, 6.07) is 15.4. The molecule has 4 rings (SSSR count). The first kappa shape index (κ1) is 19.4. The van der Waals surface area contributed by atoms with Crippen LogP contribution in [-0.4, -0.2) is 28.1 Å². The van der Waals surface area contributed by atoms with Crippen molar-refractivity contribution in [1.82, 2.24) is 10.3 Å². The Morgan fingerprint density at radius 3 is 2.62 bits per heavy atom. The molecule has 1 fully saturated rings. The van der Waals surface area contributed by atoms with Gasteiger partial charge in [-0.25, -0.2) is 9.37 Å². The minimum atomic E-state index is -0.525. The molecule has 2 N–H and O–H groups in total. The number of amides is 2. The highest BCUT2D eigenvalue weighted by Gasteiger charge is 2.25. The number of rotatable bonds is 6. The van der Waals surface area contributed by atoms with Crippen LogP contribution in [0, 0.1) is 5.82 Å². The molecule has 1 unspecified atom stereocenters. The topological polar surface area (TPSA) is 71.1 Å². The van der Waals surface area contributed by atoms with Gasteiger partial charge >= 0.3 is 0 Å². The lowest BCUT2D eigenvalue weighted by Gasteiger charge is -2.14. The molecular formula is C22H20FN3O2S. The van der Waals surface area contributed by atoms with E-state index in [9.17, 15) is 14.0 Å². The van der Waals surface area contributed by atoms with E-state index in [1.54, 1.807) is 25.1 Å². The molecule has 148 valence electrons. The predicted molar refractivity (Wildman–Crippen MR) is 113 cm³/mol. The van der Waals surface area contributed by atoms with Gasteiger partial charge in [-0.2, -0.15) is 0 Å². The van der Waals surface area contributed by atoms with E-state index in [1.807, 2.05) is 24.3 Å². The Bertz CT molecular complexity index is 1080. The van der Waals surface area contributed by atoms with E-state index in [4.69, 9.17) is 0 Å². The molecule has 0 aliphatic heterocycles. The van der Waals surface area contributed by atoms with Crippen LogP contribution in [0.1, 0.15) is 30.1 Å². The first-order chi connectivity index (χ1) is 14.0. The molecule has 0 saturated heterocycles. The second-order valence-electron chi connectivity index (χ2n) is 7.00. The van der Waals surface area contributed by atoms with Crippen molar-refractivity contribution in [2.45, 2.75) is 36.1 Å². The molecule has 1 atom stereocenters. The van der Waals surface area contributed by atoms with Crippen molar-refractivity contribution >= 4 is 40.2 Å². The summed E-state index contributed by atoms with van der Waals surface area (Å²) >= 11 is 1.23. The predicted octanol–water partition coefficient (Wildman–Crippen LogP) is 4.39. The van der Waals surface area contributed by atoms with E-state index in [-0.39, 0.29) is 23.5 Å². The monoisotopic (exact) mass is 409 g/mol. The summed E-state index contributed by atoms with van der Waals surface area (Å²) in [7, 11) is 0. The number of nitrogens with one attached hydrogen (secondary N) is 2. The summed E-state index contributed by atoms with van der Waals surface area (Å²) in [5.41, 5.74) is 1.38. The van der Waals surface area contributed by atoms with Crippen LogP contribution in [0.25, 0.3) is 10.9 Å². The number of aromatic nitrogens is 1. The fourth-order valence-electron chi connectivity index (χ4n) is 2.92. The molecule has 1 aliphatic carbocycles. The smallest absolute Gasteiger partial charge is 0.252 e. The van der Waals surface area contributed by atoms with Crippen molar-refractivity contribution in [3.63, 3.8) is 0 Å². The zero-order chi connectivity index (χ0) is 20.4. The van der Waals surface area contributed by atoms with Gasteiger partial charge in [0.25, 0.3) is 5.91 Å². The van der Waals surface area contributed by atoms with Crippen LogP contribution in [0.5, 0.6) is 0 Å². The van der Waals surface area contributed by atoms with Crippen molar-refractivity contribution in [3.05, 3.63) is 66.0 Å². The van der Waals surface area contributed by atoms with Crippen LogP contribution in [-0.2, 0) is 4.79 Å². The number of thioether (sulfide) groups is 1. The fraction of sp³-hybridized carbons (Fsp3) is 0.227. The number of nitrogens with zero attached hydrogens (tertiary/aromatic N) is 1. The zero-order valence-corrected chi connectivity index (χ0v) is 16.6. The molecule has 1 heterocycles. The second kappa shape index (κ2) is 8.21. The van der Waals surface area contributed by atoms with Gasteiger partial charge in [0.2, 0.25) is 5.91 Å². The van der Waals surface area contributed by atoms with Gasteiger partial charge in [-0.15, -0.1) is 0 Å². The second-order valence-corrected chi connectivity index (χ2v) is 8.36. The Hall–Kier alpha value is -2.93. The number of carbonyl (C=O) groups is 2. The van der Waals surface area contributed by atoms with Crippen molar-refractivity contribution < 1.29 is 14.0 Å². The van der Waals surface area contributed by atoms with E-state index in [0.29, 0.717) is 16.1 Å². The van der Waals surface area contributed by atoms with Crippen molar-refractivity contribution in [2.75, 3.05) is 5.32 Å². The maximum Gasteiger partial charge on any atom is 0.252 e. The summed E-state index contributed by atoms with van der Waals surface area (Å²) in [5.74, 6) is -0.948. The van der Waals surface area contributed by atoms with Crippen molar-refractivity contribution in [2.24, 2.45) is 0 Å². The molecule has 2 amide bonds. The molecular weight excluding hydrogens is 389 g/mol. The number of pyridine rings is 1. The summed E-state index contributed by atoms with van der Waals surface area (Å²) in [4.78, 5) is 29.8. The lowest BCUT2D eigenvalue weighted by Crippen LogP contribution is -2.26. The van der Waals surface area contributed by atoms with Crippen LogP contribution >= 0.6 is 11.8 Å². The Kier molecular flexibility index (Phi) is 5.49. The lowest BCUT2D eigenvalue weighted by molar-refractivity contribution is -0.115. The van der Waals surface area contributed by atoms with E-state index < -0.39 is 11.1 Å². The molecule has 0 bridgehead atoms. The standard InChI is InChI=1S/C22H20FN3O2S/c1-13(21(27)26-19-9-5-3-7-17(19)23)29-20-12-16(22(28)24-14-10-11-14)15-6-2-4-8-18(15)25-20/h2-9,12-14H,10-11H2,1H3,(H,24,28)(H,26,27). The minimum Gasteiger partial charge on any atom is -0.349 e. The number of benzene rings is 2. The Balaban J connectivity index is 1.56. The molecule has 7 heteroatoms. The molecule has 29 heavy (non-hydrogen) atoms. The van der Waals surface area contributed by atoms with Gasteiger partial charge in [-0.3, -0.25) is 9.59 Å². The highest BCUT2D eigenvalue weighted by Crippen LogP contribution is 2.29. The van der Waals surface area contributed by atoms with Gasteiger partial charge < -0.3 is 10.6 Å². The fourth-order valence-corrected chi connectivity index (χ4v) is 3.79. The number of halogens is 1. The normalized spacial score (nSPS) is 14.4. The van der Waals surface area contributed by atoms with Crippen molar-refractivity contribution in [1.29, 1.82) is 0 Å². The Morgan fingerprint density at radius 1 is 1.14 bits per heavy atom. The maximum absolute atomic E-state index is 13.8. The van der Waals surface area contributed by atoms with E-state index >= 15 is 0 Å². The van der Waals surface area contributed by atoms with Gasteiger partial charge in [-0.05, 0) is 44.0 Å². The van der Waals surface area contributed by atoms with Gasteiger partial charge in [0, 0.05) is 11.4 Å². The third-order valence-electron chi connectivity index (χ3n) is 4.65. The molecule has 1 saturated carbocycles. The largest absolute Gasteiger partial charge is 0.349 e. The number of anilines is 1. The summed E-state index contributed by atoms with van der Waals surface area (Å²) < 4.78 is 13.8. The van der Waals surface area contributed by atoms with Crippen LogP contribution in [0.4, 0.5) is 10.1 Å². The molecule has 2 aromatic carbocycles. The van der Waals surface area contributed by atoms with Gasteiger partial charge in [0.15, 0.2) is 0 Å². The highest BCUT2D eigenvalue weighted by atomic mass is 32.2. The average Bonchev–Trinajstić information content (AvgIpc) is 3.53. The first-order valence-corrected chi connectivity index (χ1v) is 10.3. The number of hydrogen-bond donors (Lipinski definition) is 2. The summed E-state index contributed by atoms with van der Waals surface area (Å²) in [5, 5.41) is 6.43. The van der Waals surface area contributed by atoms with Gasteiger partial charge in [0.05, 0.1) is 27.0 Å².